The fourth-order valence-electron chi connectivity index (χ4n) is 3.12. The second-order valence-corrected chi connectivity index (χ2v) is 6.90. The van der Waals surface area contributed by atoms with Crippen molar-refractivity contribution in [2.24, 2.45) is 0 Å². The Hall–Kier alpha value is -2.57. The predicted octanol–water partition coefficient (Wildman–Crippen LogP) is 2.76. The smallest absolute Gasteiger partial charge is 0.319 e. The molecule has 2 aromatic rings. The van der Waals surface area contributed by atoms with Gasteiger partial charge in [-0.15, -0.1) is 0 Å². The van der Waals surface area contributed by atoms with Gasteiger partial charge in [0, 0.05) is 39.3 Å². The molecular formula is C21H28N4O2. The molecule has 0 saturated carbocycles. The fourth-order valence-corrected chi connectivity index (χ4v) is 3.12. The highest BCUT2D eigenvalue weighted by molar-refractivity contribution is 5.90. The summed E-state index contributed by atoms with van der Waals surface area (Å²) in [7, 11) is 3.76. The number of methoxy groups -OCH3 is 1. The molecule has 1 aliphatic rings. The topological polar surface area (TPSA) is 56.8 Å². The molecule has 0 bridgehead atoms. The molecule has 2 N–H and O–H groups in total. The van der Waals surface area contributed by atoms with Crippen LogP contribution in [0.2, 0.25) is 0 Å². The monoisotopic (exact) mass is 368 g/mol. The molecular weight excluding hydrogens is 340 g/mol. The van der Waals surface area contributed by atoms with E-state index in [1.165, 1.54) is 5.56 Å². The molecule has 144 valence electrons. The molecule has 0 atom stereocenters. The van der Waals surface area contributed by atoms with Gasteiger partial charge in [-0.25, -0.2) is 4.79 Å². The van der Waals surface area contributed by atoms with Crippen molar-refractivity contribution in [3.63, 3.8) is 0 Å². The van der Waals surface area contributed by atoms with Gasteiger partial charge < -0.3 is 20.3 Å². The van der Waals surface area contributed by atoms with Crippen LogP contribution in [-0.2, 0) is 13.1 Å². The van der Waals surface area contributed by atoms with Crippen molar-refractivity contribution in [1.29, 1.82) is 0 Å². The molecule has 0 radical (unpaired) electrons. The number of piperazine rings is 1. The van der Waals surface area contributed by atoms with Gasteiger partial charge in [0.05, 0.1) is 12.8 Å². The first-order chi connectivity index (χ1) is 13.1. The first-order valence-corrected chi connectivity index (χ1v) is 9.30. The molecule has 6 heteroatoms. The van der Waals surface area contributed by atoms with Gasteiger partial charge in [0.2, 0.25) is 0 Å². The van der Waals surface area contributed by atoms with E-state index < -0.39 is 0 Å². The standard InChI is InChI=1S/C21H28N4O2/c1-24-11-13-25(14-12-24)16-18-9-7-17(8-10-18)15-22-21(26)23-19-5-3-4-6-20(19)27-2/h3-10H,11-16H2,1-2H3,(H2,22,23,26). The first kappa shape index (κ1) is 19.2. The fraction of sp³-hybridized carbons (Fsp3) is 0.381. The van der Waals surface area contributed by atoms with Crippen molar-refractivity contribution in [1.82, 2.24) is 15.1 Å². The van der Waals surface area contributed by atoms with Gasteiger partial charge in [0.15, 0.2) is 0 Å². The van der Waals surface area contributed by atoms with E-state index in [-0.39, 0.29) is 6.03 Å². The van der Waals surface area contributed by atoms with Crippen molar-refractivity contribution < 1.29 is 9.53 Å². The summed E-state index contributed by atoms with van der Waals surface area (Å²) in [6.45, 7) is 5.95. The molecule has 27 heavy (non-hydrogen) atoms. The van der Waals surface area contributed by atoms with E-state index in [1.54, 1.807) is 7.11 Å². The van der Waals surface area contributed by atoms with E-state index >= 15 is 0 Å². The molecule has 0 spiro atoms. The largest absolute Gasteiger partial charge is 0.495 e. The maximum Gasteiger partial charge on any atom is 0.319 e. The Bertz CT molecular complexity index is 740. The number of hydrogen-bond donors (Lipinski definition) is 2. The summed E-state index contributed by atoms with van der Waals surface area (Å²) < 4.78 is 5.24. The number of likely N-dealkylation sites (N-methyl/N-ethyl adjacent to an activating group) is 1. The molecule has 1 aliphatic heterocycles. The number of carbonyl (C=O) groups excluding carboxylic acids is 1. The number of ether oxygens (including phenoxy) is 1. The maximum absolute atomic E-state index is 12.1. The number of rotatable bonds is 6. The average Bonchev–Trinajstić information content (AvgIpc) is 2.69. The number of nitrogens with zero attached hydrogens (tertiary/aromatic N) is 2. The third-order valence-electron chi connectivity index (χ3n) is 4.83. The van der Waals surface area contributed by atoms with Crippen molar-refractivity contribution in [2.45, 2.75) is 13.1 Å². The van der Waals surface area contributed by atoms with Crippen LogP contribution in [0.5, 0.6) is 5.75 Å². The number of amides is 2. The lowest BCUT2D eigenvalue weighted by Crippen LogP contribution is -2.43. The number of anilines is 1. The number of para-hydroxylation sites is 2. The van der Waals surface area contributed by atoms with Crippen molar-refractivity contribution in [2.75, 3.05) is 45.7 Å². The predicted molar refractivity (Wildman–Crippen MR) is 108 cm³/mol. The molecule has 2 amide bonds. The normalized spacial score (nSPS) is 15.3. The van der Waals surface area contributed by atoms with Crippen LogP contribution in [0.4, 0.5) is 10.5 Å². The zero-order valence-electron chi connectivity index (χ0n) is 16.1. The van der Waals surface area contributed by atoms with Crippen molar-refractivity contribution >= 4 is 11.7 Å². The van der Waals surface area contributed by atoms with Gasteiger partial charge in [-0.3, -0.25) is 4.90 Å². The summed E-state index contributed by atoms with van der Waals surface area (Å²) in [5.41, 5.74) is 3.04. The van der Waals surface area contributed by atoms with Crippen LogP contribution in [0, 0.1) is 0 Å². The Labute approximate surface area is 161 Å². The zero-order valence-corrected chi connectivity index (χ0v) is 16.1. The van der Waals surface area contributed by atoms with Crippen molar-refractivity contribution in [3.8, 4) is 5.75 Å². The highest BCUT2D eigenvalue weighted by Crippen LogP contribution is 2.22. The highest BCUT2D eigenvalue weighted by Gasteiger charge is 2.13. The van der Waals surface area contributed by atoms with E-state index in [0.717, 1.165) is 38.3 Å². The summed E-state index contributed by atoms with van der Waals surface area (Å²) in [5.74, 6) is 0.640. The molecule has 3 rings (SSSR count). The second kappa shape index (κ2) is 9.39. The maximum atomic E-state index is 12.1. The lowest BCUT2D eigenvalue weighted by molar-refractivity contribution is 0.148. The molecule has 0 aliphatic carbocycles. The van der Waals surface area contributed by atoms with E-state index in [9.17, 15) is 4.79 Å². The van der Waals surface area contributed by atoms with E-state index in [2.05, 4.69) is 51.7 Å². The van der Waals surface area contributed by atoms with E-state index in [0.29, 0.717) is 18.0 Å². The summed E-state index contributed by atoms with van der Waals surface area (Å²) >= 11 is 0. The van der Waals surface area contributed by atoms with Gasteiger partial charge in [-0.2, -0.15) is 0 Å². The Morgan fingerprint density at radius 3 is 2.37 bits per heavy atom. The molecule has 1 fully saturated rings. The number of benzene rings is 2. The lowest BCUT2D eigenvalue weighted by Gasteiger charge is -2.32. The minimum Gasteiger partial charge on any atom is -0.495 e. The summed E-state index contributed by atoms with van der Waals surface area (Å²) in [4.78, 5) is 17.0. The molecule has 0 aromatic heterocycles. The minimum absolute atomic E-state index is 0.249. The number of nitrogens with one attached hydrogen (secondary N) is 2. The Balaban J connectivity index is 1.46. The van der Waals surface area contributed by atoms with Crippen LogP contribution in [0.3, 0.4) is 0 Å². The third kappa shape index (κ3) is 5.70. The van der Waals surface area contributed by atoms with Gasteiger partial charge >= 0.3 is 6.03 Å². The van der Waals surface area contributed by atoms with Gasteiger partial charge in [-0.05, 0) is 30.3 Å². The Morgan fingerprint density at radius 1 is 1.00 bits per heavy atom. The Morgan fingerprint density at radius 2 is 1.67 bits per heavy atom. The van der Waals surface area contributed by atoms with Crippen LogP contribution in [-0.4, -0.2) is 56.2 Å². The van der Waals surface area contributed by atoms with Gasteiger partial charge in [0.1, 0.15) is 5.75 Å². The SMILES string of the molecule is COc1ccccc1NC(=O)NCc1ccc(CN2CCN(C)CC2)cc1. The van der Waals surface area contributed by atoms with Crippen LogP contribution in [0.15, 0.2) is 48.5 Å². The minimum atomic E-state index is -0.249. The van der Waals surface area contributed by atoms with Crippen LogP contribution < -0.4 is 15.4 Å². The molecule has 2 aromatic carbocycles. The first-order valence-electron chi connectivity index (χ1n) is 9.30. The van der Waals surface area contributed by atoms with Crippen molar-refractivity contribution in [3.05, 3.63) is 59.7 Å². The third-order valence-corrected chi connectivity index (χ3v) is 4.83. The Kier molecular flexibility index (Phi) is 6.68. The van der Waals surface area contributed by atoms with Crippen LogP contribution >= 0.6 is 0 Å². The second-order valence-electron chi connectivity index (χ2n) is 6.90. The van der Waals surface area contributed by atoms with Crippen LogP contribution in [0.25, 0.3) is 0 Å². The quantitative estimate of drug-likeness (QED) is 0.823. The van der Waals surface area contributed by atoms with Gasteiger partial charge in [-0.1, -0.05) is 36.4 Å². The van der Waals surface area contributed by atoms with Crippen LogP contribution in [0.1, 0.15) is 11.1 Å². The number of hydrogen-bond acceptors (Lipinski definition) is 4. The summed E-state index contributed by atoms with van der Waals surface area (Å²) in [6.07, 6.45) is 0. The molecule has 0 unspecified atom stereocenters. The number of carbonyl (C=O) groups is 1. The number of urea groups is 1. The molecule has 6 nitrogen and oxygen atoms in total. The van der Waals surface area contributed by atoms with E-state index in [1.807, 2.05) is 24.3 Å². The average molecular weight is 368 g/mol. The summed E-state index contributed by atoms with van der Waals surface area (Å²) in [6, 6.07) is 15.6. The highest BCUT2D eigenvalue weighted by atomic mass is 16.5. The summed E-state index contributed by atoms with van der Waals surface area (Å²) in [5, 5.41) is 5.70. The molecule has 1 saturated heterocycles. The molecule has 1 heterocycles. The lowest BCUT2D eigenvalue weighted by atomic mass is 10.1. The van der Waals surface area contributed by atoms with E-state index in [4.69, 9.17) is 4.74 Å². The zero-order chi connectivity index (χ0) is 19.1. The van der Waals surface area contributed by atoms with Gasteiger partial charge in [0.25, 0.3) is 0 Å².